The zero-order valence-electron chi connectivity index (χ0n) is 18.1. The van der Waals surface area contributed by atoms with Crippen molar-refractivity contribution in [1.29, 1.82) is 0 Å². The Labute approximate surface area is 194 Å². The summed E-state index contributed by atoms with van der Waals surface area (Å²) >= 11 is 6.18. The van der Waals surface area contributed by atoms with Gasteiger partial charge in [-0.3, -0.25) is 9.69 Å². The number of aliphatic hydroxyl groups is 1. The highest BCUT2D eigenvalue weighted by molar-refractivity contribution is 6.33. The molecule has 1 aliphatic heterocycles. The monoisotopic (exact) mass is 475 g/mol. The Bertz CT molecular complexity index is 1220. The first kappa shape index (κ1) is 24.2. The van der Waals surface area contributed by atoms with Crippen molar-refractivity contribution >= 4 is 23.1 Å². The van der Waals surface area contributed by atoms with Gasteiger partial charge in [-0.1, -0.05) is 30.3 Å². The number of ether oxygens (including phenoxy) is 1. The number of methoxy groups -OCH3 is 1. The summed E-state index contributed by atoms with van der Waals surface area (Å²) in [4.78, 5) is 14.7. The highest BCUT2D eigenvalue weighted by Gasteiger charge is 2.31. The minimum Gasteiger partial charge on any atom is -0.512 e. The molecule has 1 heterocycles. The Balaban J connectivity index is 2.12. The van der Waals surface area contributed by atoms with Crippen LogP contribution in [0.1, 0.15) is 25.0 Å². The van der Waals surface area contributed by atoms with E-state index in [2.05, 4.69) is 6.58 Å². The number of aliphatic hydroxyl groups excluding tert-OH is 1. The van der Waals surface area contributed by atoms with Crippen LogP contribution in [-0.2, 0) is 11.0 Å². The summed E-state index contributed by atoms with van der Waals surface area (Å²) in [6.07, 6.45) is 0.492. The lowest BCUT2D eigenvalue weighted by Crippen LogP contribution is -2.28. The van der Waals surface area contributed by atoms with E-state index in [9.17, 15) is 23.1 Å². The van der Waals surface area contributed by atoms with Gasteiger partial charge in [-0.25, -0.2) is 0 Å². The Morgan fingerprint density at radius 3 is 2.45 bits per heavy atom. The van der Waals surface area contributed by atoms with Gasteiger partial charge in [0.2, 0.25) is 0 Å². The lowest BCUT2D eigenvalue weighted by molar-refractivity contribution is -0.137. The first-order valence-electron chi connectivity index (χ1n) is 9.78. The van der Waals surface area contributed by atoms with Crippen LogP contribution in [0.2, 0.25) is 5.02 Å². The molecule has 0 radical (unpaired) electrons. The van der Waals surface area contributed by atoms with Crippen LogP contribution in [0.15, 0.2) is 78.4 Å². The Kier molecular flexibility index (Phi) is 6.74. The zero-order valence-corrected chi connectivity index (χ0v) is 18.9. The summed E-state index contributed by atoms with van der Waals surface area (Å²) in [6.45, 7) is 7.09. The SMILES string of the molecule is C=C1C(C)=CC=CN1C(=O)/C(=C(\C)O)c1cc(OC)cc(-c2ccc(C(F)(F)F)cc2Cl)c1. The van der Waals surface area contributed by atoms with Gasteiger partial charge >= 0.3 is 6.18 Å². The van der Waals surface area contributed by atoms with Gasteiger partial charge < -0.3 is 9.84 Å². The minimum absolute atomic E-state index is 0.0151. The molecule has 0 bridgehead atoms. The third kappa shape index (κ3) is 4.98. The lowest BCUT2D eigenvalue weighted by Gasteiger charge is -2.25. The molecule has 0 unspecified atom stereocenters. The van der Waals surface area contributed by atoms with Crippen molar-refractivity contribution in [3.05, 3.63) is 94.5 Å². The maximum atomic E-state index is 13.3. The number of nitrogens with zero attached hydrogens (tertiary/aromatic N) is 1. The van der Waals surface area contributed by atoms with E-state index in [0.717, 1.165) is 17.7 Å². The number of halogens is 4. The van der Waals surface area contributed by atoms with Crippen LogP contribution in [0.5, 0.6) is 5.75 Å². The molecule has 3 rings (SSSR count). The molecule has 1 aliphatic rings. The number of allylic oxidation sites excluding steroid dienone is 4. The third-order valence-corrected chi connectivity index (χ3v) is 5.47. The van der Waals surface area contributed by atoms with E-state index in [4.69, 9.17) is 16.3 Å². The second-order valence-electron chi connectivity index (χ2n) is 7.42. The number of carbonyl (C=O) groups is 1. The molecule has 0 aliphatic carbocycles. The van der Waals surface area contributed by atoms with Crippen LogP contribution in [0.25, 0.3) is 16.7 Å². The smallest absolute Gasteiger partial charge is 0.416 e. The van der Waals surface area contributed by atoms with Crippen LogP contribution < -0.4 is 4.74 Å². The number of rotatable bonds is 4. The van der Waals surface area contributed by atoms with Gasteiger partial charge in [-0.2, -0.15) is 13.2 Å². The van der Waals surface area contributed by atoms with E-state index in [1.54, 1.807) is 37.3 Å². The molecule has 2 aromatic rings. The van der Waals surface area contributed by atoms with E-state index in [0.29, 0.717) is 28.1 Å². The predicted octanol–water partition coefficient (Wildman–Crippen LogP) is 7.14. The Morgan fingerprint density at radius 1 is 1.18 bits per heavy atom. The molecule has 1 amide bonds. The fourth-order valence-corrected chi connectivity index (χ4v) is 3.68. The summed E-state index contributed by atoms with van der Waals surface area (Å²) in [5, 5.41) is 10.3. The number of alkyl halides is 3. The van der Waals surface area contributed by atoms with Crippen LogP contribution >= 0.6 is 11.6 Å². The van der Waals surface area contributed by atoms with Crippen molar-refractivity contribution in [1.82, 2.24) is 4.90 Å². The molecule has 0 atom stereocenters. The number of benzene rings is 2. The molecule has 8 heteroatoms. The molecular formula is C25H21ClF3NO3. The molecule has 33 heavy (non-hydrogen) atoms. The topological polar surface area (TPSA) is 49.8 Å². The highest BCUT2D eigenvalue weighted by atomic mass is 35.5. The average molecular weight is 476 g/mol. The predicted molar refractivity (Wildman–Crippen MR) is 123 cm³/mol. The van der Waals surface area contributed by atoms with Crippen molar-refractivity contribution in [2.75, 3.05) is 7.11 Å². The molecule has 0 saturated heterocycles. The van der Waals surface area contributed by atoms with Crippen molar-refractivity contribution in [2.24, 2.45) is 0 Å². The summed E-state index contributed by atoms with van der Waals surface area (Å²) in [6, 6.07) is 7.71. The first-order valence-corrected chi connectivity index (χ1v) is 10.2. The van der Waals surface area contributed by atoms with Gasteiger partial charge in [0.25, 0.3) is 5.91 Å². The third-order valence-electron chi connectivity index (χ3n) is 5.16. The van der Waals surface area contributed by atoms with Crippen molar-refractivity contribution in [2.45, 2.75) is 20.0 Å². The van der Waals surface area contributed by atoms with Gasteiger partial charge in [-0.15, -0.1) is 0 Å². The number of hydrogen-bond donors (Lipinski definition) is 1. The zero-order chi connectivity index (χ0) is 24.5. The van der Waals surface area contributed by atoms with E-state index in [1.165, 1.54) is 31.2 Å². The van der Waals surface area contributed by atoms with Crippen LogP contribution in [-0.4, -0.2) is 23.0 Å². The van der Waals surface area contributed by atoms with Crippen molar-refractivity contribution in [3.63, 3.8) is 0 Å². The molecule has 0 spiro atoms. The fraction of sp³-hybridized carbons (Fsp3) is 0.160. The van der Waals surface area contributed by atoms with Crippen LogP contribution in [0.3, 0.4) is 0 Å². The molecule has 0 aromatic heterocycles. The quantitative estimate of drug-likeness (QED) is 0.377. The summed E-state index contributed by atoms with van der Waals surface area (Å²) in [7, 11) is 1.41. The van der Waals surface area contributed by atoms with E-state index < -0.39 is 17.6 Å². The maximum absolute atomic E-state index is 13.3. The number of carbonyl (C=O) groups excluding carboxylic acids is 1. The Morgan fingerprint density at radius 2 is 1.88 bits per heavy atom. The van der Waals surface area contributed by atoms with Gasteiger partial charge in [0, 0.05) is 22.5 Å². The summed E-state index contributed by atoms with van der Waals surface area (Å²) in [5.74, 6) is -0.443. The number of amides is 1. The van der Waals surface area contributed by atoms with E-state index >= 15 is 0 Å². The molecule has 0 fully saturated rings. The average Bonchev–Trinajstić information content (AvgIpc) is 2.74. The molecule has 172 valence electrons. The number of hydrogen-bond acceptors (Lipinski definition) is 3. The fourth-order valence-electron chi connectivity index (χ4n) is 3.39. The molecule has 2 aromatic carbocycles. The van der Waals surface area contributed by atoms with Gasteiger partial charge in [0.1, 0.15) is 11.5 Å². The lowest BCUT2D eigenvalue weighted by atomic mass is 9.96. The Hall–Kier alpha value is -3.45. The van der Waals surface area contributed by atoms with Gasteiger partial charge in [-0.05, 0) is 67.0 Å². The normalized spacial score (nSPS) is 14.7. The standard InChI is InChI=1S/C25H21ClF3NO3/c1-14-6-5-9-30(15(14)2)24(32)23(16(3)31)18-10-17(11-20(12-18)33-4)21-8-7-19(13-22(21)26)25(27,28)29/h5-13,31H,2H2,1,3-4H3/b23-16+. The molecular weight excluding hydrogens is 455 g/mol. The van der Waals surface area contributed by atoms with Crippen molar-refractivity contribution < 1.29 is 27.8 Å². The van der Waals surface area contributed by atoms with Crippen LogP contribution in [0, 0.1) is 0 Å². The second-order valence-corrected chi connectivity index (χ2v) is 7.82. The van der Waals surface area contributed by atoms with E-state index in [-0.39, 0.29) is 16.4 Å². The summed E-state index contributed by atoms with van der Waals surface area (Å²) in [5.41, 5.74) is 1.38. The molecule has 0 saturated carbocycles. The maximum Gasteiger partial charge on any atom is 0.416 e. The van der Waals surface area contributed by atoms with Gasteiger partial charge in [0.05, 0.1) is 18.2 Å². The second kappa shape index (κ2) is 9.19. The van der Waals surface area contributed by atoms with E-state index in [1.807, 2.05) is 0 Å². The largest absolute Gasteiger partial charge is 0.512 e. The van der Waals surface area contributed by atoms with Gasteiger partial charge in [0.15, 0.2) is 0 Å². The highest BCUT2D eigenvalue weighted by Crippen LogP contribution is 2.38. The molecule has 1 N–H and O–H groups in total. The first-order chi connectivity index (χ1) is 15.4. The minimum atomic E-state index is -4.53. The molecule has 4 nitrogen and oxygen atoms in total. The van der Waals surface area contributed by atoms with Crippen molar-refractivity contribution in [3.8, 4) is 16.9 Å². The summed E-state index contributed by atoms with van der Waals surface area (Å²) < 4.78 is 44.4. The van der Waals surface area contributed by atoms with Crippen LogP contribution in [0.4, 0.5) is 13.2 Å².